The van der Waals surface area contributed by atoms with Crippen molar-refractivity contribution in [2.24, 2.45) is 0 Å². The average molecular weight is 506 g/mol. The monoisotopic (exact) mass is 505 g/mol. The summed E-state index contributed by atoms with van der Waals surface area (Å²) >= 11 is 0. The highest BCUT2D eigenvalue weighted by Gasteiger charge is 2.24. The summed E-state index contributed by atoms with van der Waals surface area (Å²) in [6, 6.07) is 30.1. The van der Waals surface area contributed by atoms with Crippen LogP contribution >= 0.6 is 0 Å². The molecule has 0 fully saturated rings. The predicted molar refractivity (Wildman–Crippen MR) is 143 cm³/mol. The van der Waals surface area contributed by atoms with E-state index in [4.69, 9.17) is 10.2 Å². The van der Waals surface area contributed by atoms with Gasteiger partial charge in [-0.15, -0.1) is 0 Å². The Labute approximate surface area is 215 Å². The number of carboxylic acid groups (broad SMARTS) is 2. The summed E-state index contributed by atoms with van der Waals surface area (Å²) in [5.74, 6) is 0. The molecule has 1 heterocycles. The summed E-state index contributed by atoms with van der Waals surface area (Å²) < 4.78 is 2.06. The van der Waals surface area contributed by atoms with Gasteiger partial charge in [-0.2, -0.15) is 0 Å². The molecule has 0 saturated heterocycles. The normalized spacial score (nSPS) is 9.73. The number of nitrogens with zero attached hydrogens (tertiary/aromatic N) is 1. The molecule has 2 amide bonds. The van der Waals surface area contributed by atoms with E-state index in [2.05, 4.69) is 16.7 Å². The highest BCUT2D eigenvalue weighted by molar-refractivity contribution is 5.87. The van der Waals surface area contributed by atoms with Crippen molar-refractivity contribution in [2.45, 2.75) is 13.2 Å². The molecule has 4 rings (SSSR count). The molecule has 6 N–H and O–H groups in total. The molecular weight excluding hydrogens is 474 g/mol. The van der Waals surface area contributed by atoms with E-state index in [1.807, 2.05) is 89.5 Å². The molecular formula is C28H31N3O6. The Morgan fingerprint density at radius 2 is 1.08 bits per heavy atom. The number of aromatic nitrogens is 1. The van der Waals surface area contributed by atoms with Crippen molar-refractivity contribution in [2.75, 3.05) is 14.1 Å². The van der Waals surface area contributed by atoms with Crippen molar-refractivity contribution in [3.8, 4) is 28.1 Å². The van der Waals surface area contributed by atoms with Gasteiger partial charge in [0.2, 0.25) is 0 Å². The lowest BCUT2D eigenvalue weighted by Crippen LogP contribution is -2.13. The Balaban J connectivity index is 0.000000412. The Kier molecular flexibility index (Phi) is 11.4. The number of rotatable bonds is 5. The molecule has 1 aromatic heterocycles. The zero-order valence-electron chi connectivity index (χ0n) is 20.6. The number of aliphatic hydroxyl groups excluding tert-OH is 2. The molecule has 194 valence electrons. The van der Waals surface area contributed by atoms with Gasteiger partial charge in [-0.05, 0) is 23.3 Å². The number of amides is 2. The summed E-state index contributed by atoms with van der Waals surface area (Å²) in [7, 11) is 2.70. The van der Waals surface area contributed by atoms with E-state index in [0.717, 1.165) is 33.6 Å². The highest BCUT2D eigenvalue weighted by Crippen LogP contribution is 2.41. The van der Waals surface area contributed by atoms with Crippen LogP contribution in [0.25, 0.3) is 28.1 Å². The van der Waals surface area contributed by atoms with Gasteiger partial charge in [0.05, 0.1) is 24.6 Å². The first-order valence-corrected chi connectivity index (χ1v) is 11.3. The lowest BCUT2D eigenvalue weighted by Gasteiger charge is -2.14. The van der Waals surface area contributed by atoms with E-state index in [9.17, 15) is 19.8 Å². The molecule has 0 aliphatic carbocycles. The molecule has 37 heavy (non-hydrogen) atoms. The molecule has 0 atom stereocenters. The maximum absolute atomic E-state index is 10.2. The number of aliphatic hydroxyl groups is 2. The van der Waals surface area contributed by atoms with Crippen LogP contribution in [0.5, 0.6) is 0 Å². The Morgan fingerprint density at radius 3 is 1.46 bits per heavy atom. The van der Waals surface area contributed by atoms with Crippen LogP contribution in [0.3, 0.4) is 0 Å². The second-order valence-corrected chi connectivity index (χ2v) is 7.48. The van der Waals surface area contributed by atoms with Gasteiger partial charge >= 0.3 is 12.2 Å². The zero-order chi connectivity index (χ0) is 27.2. The zero-order valence-corrected chi connectivity index (χ0v) is 20.6. The lowest BCUT2D eigenvalue weighted by atomic mass is 9.97. The van der Waals surface area contributed by atoms with Crippen LogP contribution in [0.2, 0.25) is 0 Å². The molecule has 9 heteroatoms. The molecule has 0 aliphatic rings. The maximum Gasteiger partial charge on any atom is 0.404 e. The van der Waals surface area contributed by atoms with Gasteiger partial charge in [0.25, 0.3) is 0 Å². The third-order valence-electron chi connectivity index (χ3n) is 5.24. The van der Waals surface area contributed by atoms with E-state index < -0.39 is 12.2 Å². The second-order valence-electron chi connectivity index (χ2n) is 7.48. The van der Waals surface area contributed by atoms with Crippen LogP contribution in [0.1, 0.15) is 11.3 Å². The van der Waals surface area contributed by atoms with Crippen LogP contribution in [0.4, 0.5) is 9.59 Å². The van der Waals surface area contributed by atoms with E-state index in [1.165, 1.54) is 14.1 Å². The molecule has 0 radical (unpaired) electrons. The first-order chi connectivity index (χ1) is 17.9. The van der Waals surface area contributed by atoms with Gasteiger partial charge in [-0.25, -0.2) is 9.59 Å². The van der Waals surface area contributed by atoms with Crippen molar-refractivity contribution in [1.29, 1.82) is 0 Å². The molecule has 9 nitrogen and oxygen atoms in total. The van der Waals surface area contributed by atoms with Crippen LogP contribution in [0.15, 0.2) is 91.0 Å². The minimum atomic E-state index is -0.995. The van der Waals surface area contributed by atoms with Crippen molar-refractivity contribution < 1.29 is 30.0 Å². The topological polar surface area (TPSA) is 144 Å². The van der Waals surface area contributed by atoms with Crippen LogP contribution < -0.4 is 10.6 Å². The molecule has 3 aromatic carbocycles. The fraction of sp³-hybridized carbons (Fsp3) is 0.143. The molecule has 4 aromatic rings. The molecule has 0 spiro atoms. The van der Waals surface area contributed by atoms with Crippen LogP contribution in [0, 0.1) is 0 Å². The molecule has 0 bridgehead atoms. The van der Waals surface area contributed by atoms with Crippen LogP contribution in [-0.2, 0) is 13.2 Å². The van der Waals surface area contributed by atoms with Crippen LogP contribution in [-0.4, -0.2) is 51.3 Å². The maximum atomic E-state index is 10.2. The summed E-state index contributed by atoms with van der Waals surface area (Å²) in [5, 5.41) is 39.5. The quantitative estimate of drug-likeness (QED) is 0.235. The Bertz CT molecular complexity index is 1180. The van der Waals surface area contributed by atoms with E-state index in [-0.39, 0.29) is 13.2 Å². The SMILES string of the molecule is CNC(=O)O.CNC(=O)O.OCc1c(-c2ccccc2)c(-c2ccccc2)n(-c2ccccc2)c1CO. The van der Waals surface area contributed by atoms with Crippen molar-refractivity contribution in [3.05, 3.63) is 102 Å². The number of carbonyl (C=O) groups is 2. The summed E-state index contributed by atoms with van der Waals surface area (Å²) in [4.78, 5) is 18.5. The average Bonchev–Trinajstić information content (AvgIpc) is 3.29. The van der Waals surface area contributed by atoms with Crippen molar-refractivity contribution >= 4 is 12.2 Å². The lowest BCUT2D eigenvalue weighted by molar-refractivity contribution is 0.196. The number of para-hydroxylation sites is 1. The van der Waals surface area contributed by atoms with Crippen molar-refractivity contribution in [1.82, 2.24) is 15.2 Å². The van der Waals surface area contributed by atoms with Gasteiger partial charge in [0.15, 0.2) is 0 Å². The summed E-state index contributed by atoms with van der Waals surface area (Å²) in [6.07, 6.45) is -1.99. The number of nitrogens with one attached hydrogen (secondary N) is 2. The summed E-state index contributed by atoms with van der Waals surface area (Å²) in [5.41, 5.74) is 6.41. The van der Waals surface area contributed by atoms with Gasteiger partial charge in [0, 0.05) is 30.9 Å². The standard InChI is InChI=1S/C24H21NO2.2C2H5NO2/c26-16-21-22(17-27)25(20-14-8-3-9-15-20)24(19-12-6-2-7-13-19)23(21)18-10-4-1-5-11-18;2*1-3-2(4)5/h1-15,26-27H,16-17H2;2*3H,1H3,(H,4,5). The third kappa shape index (κ3) is 7.69. The second kappa shape index (κ2) is 14.7. The Hall–Kier alpha value is -4.60. The minimum Gasteiger partial charge on any atom is -0.465 e. The summed E-state index contributed by atoms with van der Waals surface area (Å²) in [6.45, 7) is -0.294. The Morgan fingerprint density at radius 1 is 0.676 bits per heavy atom. The van der Waals surface area contributed by atoms with Crippen molar-refractivity contribution in [3.63, 3.8) is 0 Å². The predicted octanol–water partition coefficient (Wildman–Crippen LogP) is 4.56. The van der Waals surface area contributed by atoms with Gasteiger partial charge < -0.3 is 35.6 Å². The fourth-order valence-electron chi connectivity index (χ4n) is 3.65. The number of hydrogen-bond donors (Lipinski definition) is 6. The molecule has 0 unspecified atom stereocenters. The first-order valence-electron chi connectivity index (χ1n) is 11.3. The third-order valence-corrected chi connectivity index (χ3v) is 5.24. The fourth-order valence-corrected chi connectivity index (χ4v) is 3.65. The van der Waals surface area contributed by atoms with E-state index >= 15 is 0 Å². The number of benzene rings is 3. The van der Waals surface area contributed by atoms with Gasteiger partial charge in [-0.1, -0.05) is 78.9 Å². The molecule has 0 aliphatic heterocycles. The first kappa shape index (κ1) is 28.6. The smallest absolute Gasteiger partial charge is 0.404 e. The minimum absolute atomic E-state index is 0.139. The van der Waals surface area contributed by atoms with E-state index in [1.54, 1.807) is 0 Å². The molecule has 0 saturated carbocycles. The highest BCUT2D eigenvalue weighted by atomic mass is 16.4. The van der Waals surface area contributed by atoms with Gasteiger partial charge in [-0.3, -0.25) is 0 Å². The van der Waals surface area contributed by atoms with E-state index in [0.29, 0.717) is 5.69 Å². The van der Waals surface area contributed by atoms with Gasteiger partial charge in [0.1, 0.15) is 0 Å². The largest absolute Gasteiger partial charge is 0.465 e. The number of hydrogen-bond acceptors (Lipinski definition) is 4.